The molecule has 0 spiro atoms. The van der Waals surface area contributed by atoms with E-state index in [4.69, 9.17) is 17.3 Å². The topological polar surface area (TPSA) is 85.1 Å². The molecule has 0 radical (unpaired) electrons. The van der Waals surface area contributed by atoms with Gasteiger partial charge in [0.05, 0.1) is 4.90 Å². The average Bonchev–Trinajstić information content (AvgIpc) is 2.26. The van der Waals surface area contributed by atoms with Gasteiger partial charge < -0.3 is 11.1 Å². The standard InChI is InChI=1S/C12H12ClN3O2S/c1-19(17,18)10-4-2-9(3-5-10)15-12-7-8(14)6-11(13)16-12/h2-7H,1H3,(H3,14,15,16). The number of benzene rings is 1. The van der Waals surface area contributed by atoms with Crippen molar-refractivity contribution in [3.05, 3.63) is 41.6 Å². The zero-order valence-electron chi connectivity index (χ0n) is 10.1. The van der Waals surface area contributed by atoms with Crippen molar-refractivity contribution in [3.8, 4) is 0 Å². The van der Waals surface area contributed by atoms with Crippen LogP contribution in [-0.2, 0) is 9.84 Å². The molecule has 0 saturated carbocycles. The average molecular weight is 298 g/mol. The number of pyridine rings is 1. The number of halogens is 1. The van der Waals surface area contributed by atoms with Crippen LogP contribution >= 0.6 is 11.6 Å². The smallest absolute Gasteiger partial charge is 0.175 e. The second kappa shape index (κ2) is 5.07. The Morgan fingerprint density at radius 3 is 2.37 bits per heavy atom. The van der Waals surface area contributed by atoms with Gasteiger partial charge in [0.15, 0.2) is 9.84 Å². The predicted octanol–water partition coefficient (Wildman–Crippen LogP) is 2.46. The van der Waals surface area contributed by atoms with Crippen LogP contribution in [0.15, 0.2) is 41.3 Å². The first-order valence-electron chi connectivity index (χ1n) is 5.35. The number of nitrogens with one attached hydrogen (secondary N) is 1. The summed E-state index contributed by atoms with van der Waals surface area (Å²) in [4.78, 5) is 4.32. The highest BCUT2D eigenvalue weighted by Crippen LogP contribution is 2.21. The lowest BCUT2D eigenvalue weighted by Gasteiger charge is -2.07. The second-order valence-corrected chi connectivity index (χ2v) is 6.43. The molecule has 0 unspecified atom stereocenters. The molecule has 1 heterocycles. The van der Waals surface area contributed by atoms with E-state index in [0.717, 1.165) is 6.26 Å². The van der Waals surface area contributed by atoms with Crippen LogP contribution in [0.1, 0.15) is 0 Å². The highest BCUT2D eigenvalue weighted by atomic mass is 35.5. The largest absolute Gasteiger partial charge is 0.399 e. The Balaban J connectivity index is 2.24. The molecule has 0 aliphatic carbocycles. The van der Waals surface area contributed by atoms with Gasteiger partial charge in [-0.3, -0.25) is 0 Å². The fraction of sp³-hybridized carbons (Fsp3) is 0.0833. The number of nitrogen functional groups attached to an aromatic ring is 1. The molecule has 0 aliphatic heterocycles. The summed E-state index contributed by atoms with van der Waals surface area (Å²) in [5.41, 5.74) is 6.84. The van der Waals surface area contributed by atoms with Gasteiger partial charge >= 0.3 is 0 Å². The number of anilines is 3. The highest BCUT2D eigenvalue weighted by molar-refractivity contribution is 7.90. The van der Waals surface area contributed by atoms with E-state index in [0.29, 0.717) is 17.2 Å². The maximum Gasteiger partial charge on any atom is 0.175 e. The number of hydrogen-bond acceptors (Lipinski definition) is 5. The summed E-state index contributed by atoms with van der Waals surface area (Å²) in [7, 11) is -3.19. The van der Waals surface area contributed by atoms with Crippen molar-refractivity contribution >= 4 is 38.6 Å². The van der Waals surface area contributed by atoms with Crippen LogP contribution in [0.3, 0.4) is 0 Å². The first-order valence-corrected chi connectivity index (χ1v) is 7.62. The van der Waals surface area contributed by atoms with Crippen LogP contribution in [-0.4, -0.2) is 19.7 Å². The van der Waals surface area contributed by atoms with Gasteiger partial charge in [-0.05, 0) is 30.3 Å². The van der Waals surface area contributed by atoms with Crippen LogP contribution in [0.5, 0.6) is 0 Å². The molecule has 3 N–H and O–H groups in total. The monoisotopic (exact) mass is 297 g/mol. The minimum atomic E-state index is -3.19. The fourth-order valence-electron chi connectivity index (χ4n) is 1.51. The van der Waals surface area contributed by atoms with Crippen molar-refractivity contribution in [2.24, 2.45) is 0 Å². The third-order valence-electron chi connectivity index (χ3n) is 2.37. The Kier molecular flexibility index (Phi) is 3.64. The summed E-state index contributed by atoms with van der Waals surface area (Å²) in [5.74, 6) is 0.497. The molecular formula is C12H12ClN3O2S. The van der Waals surface area contributed by atoms with E-state index in [2.05, 4.69) is 10.3 Å². The van der Waals surface area contributed by atoms with E-state index in [1.807, 2.05) is 0 Å². The normalized spacial score (nSPS) is 11.3. The number of hydrogen-bond donors (Lipinski definition) is 2. The Labute approximate surface area is 116 Å². The maximum absolute atomic E-state index is 11.3. The van der Waals surface area contributed by atoms with Crippen molar-refractivity contribution in [1.29, 1.82) is 0 Å². The third-order valence-corrected chi connectivity index (χ3v) is 3.69. The summed E-state index contributed by atoms with van der Waals surface area (Å²) < 4.78 is 22.7. The molecule has 1 aromatic heterocycles. The first kappa shape index (κ1) is 13.6. The Bertz CT molecular complexity index is 679. The fourth-order valence-corrected chi connectivity index (χ4v) is 2.36. The van der Waals surface area contributed by atoms with Gasteiger partial charge in [0.1, 0.15) is 11.0 Å². The van der Waals surface area contributed by atoms with E-state index in [1.54, 1.807) is 24.3 Å². The molecule has 0 aliphatic rings. The van der Waals surface area contributed by atoms with Crippen LogP contribution in [0.4, 0.5) is 17.2 Å². The summed E-state index contributed by atoms with van der Waals surface area (Å²) in [5, 5.41) is 3.28. The first-order chi connectivity index (χ1) is 8.84. The van der Waals surface area contributed by atoms with E-state index >= 15 is 0 Å². The molecule has 0 atom stereocenters. The molecule has 0 fully saturated rings. The van der Waals surface area contributed by atoms with E-state index in [-0.39, 0.29) is 10.0 Å². The maximum atomic E-state index is 11.3. The highest BCUT2D eigenvalue weighted by Gasteiger charge is 2.06. The summed E-state index contributed by atoms with van der Waals surface area (Å²) in [6.07, 6.45) is 1.16. The molecule has 5 nitrogen and oxygen atoms in total. The number of nitrogens with two attached hydrogens (primary N) is 1. The van der Waals surface area contributed by atoms with Crippen molar-refractivity contribution in [2.45, 2.75) is 4.90 Å². The number of aromatic nitrogens is 1. The van der Waals surface area contributed by atoms with E-state index in [1.165, 1.54) is 12.1 Å². The molecule has 2 rings (SSSR count). The quantitative estimate of drug-likeness (QED) is 0.850. The van der Waals surface area contributed by atoms with Crippen molar-refractivity contribution < 1.29 is 8.42 Å². The van der Waals surface area contributed by atoms with Crippen LogP contribution < -0.4 is 11.1 Å². The lowest BCUT2D eigenvalue weighted by atomic mass is 10.3. The molecule has 100 valence electrons. The number of nitrogens with zero attached hydrogens (tertiary/aromatic N) is 1. The van der Waals surface area contributed by atoms with Gasteiger partial charge in [-0.25, -0.2) is 13.4 Å². The van der Waals surface area contributed by atoms with Crippen LogP contribution in [0.2, 0.25) is 5.15 Å². The Morgan fingerprint density at radius 1 is 1.21 bits per heavy atom. The van der Waals surface area contributed by atoms with E-state index in [9.17, 15) is 8.42 Å². The lowest BCUT2D eigenvalue weighted by molar-refractivity contribution is 0.602. The van der Waals surface area contributed by atoms with Gasteiger partial charge in [0, 0.05) is 23.7 Å². The van der Waals surface area contributed by atoms with Crippen molar-refractivity contribution in [2.75, 3.05) is 17.3 Å². The zero-order valence-corrected chi connectivity index (χ0v) is 11.7. The van der Waals surface area contributed by atoms with Gasteiger partial charge in [-0.15, -0.1) is 0 Å². The van der Waals surface area contributed by atoms with Crippen molar-refractivity contribution in [3.63, 3.8) is 0 Å². The Morgan fingerprint density at radius 2 is 1.84 bits per heavy atom. The van der Waals surface area contributed by atoms with Crippen LogP contribution in [0, 0.1) is 0 Å². The minimum Gasteiger partial charge on any atom is -0.399 e. The molecule has 2 aromatic rings. The Hall–Kier alpha value is -1.79. The number of sulfone groups is 1. The van der Waals surface area contributed by atoms with Gasteiger partial charge in [0.25, 0.3) is 0 Å². The zero-order chi connectivity index (χ0) is 14.0. The van der Waals surface area contributed by atoms with Crippen molar-refractivity contribution in [1.82, 2.24) is 4.98 Å². The van der Waals surface area contributed by atoms with Crippen LogP contribution in [0.25, 0.3) is 0 Å². The minimum absolute atomic E-state index is 0.261. The molecule has 0 amide bonds. The lowest BCUT2D eigenvalue weighted by Crippen LogP contribution is -1.98. The molecular weight excluding hydrogens is 286 g/mol. The summed E-state index contributed by atoms with van der Waals surface area (Å²) in [6, 6.07) is 9.51. The molecule has 19 heavy (non-hydrogen) atoms. The SMILES string of the molecule is CS(=O)(=O)c1ccc(Nc2cc(N)cc(Cl)n2)cc1. The second-order valence-electron chi connectivity index (χ2n) is 4.03. The van der Waals surface area contributed by atoms with E-state index < -0.39 is 9.84 Å². The third kappa shape index (κ3) is 3.59. The van der Waals surface area contributed by atoms with Gasteiger partial charge in [0.2, 0.25) is 0 Å². The summed E-state index contributed by atoms with van der Waals surface area (Å²) >= 11 is 5.79. The molecule has 0 bridgehead atoms. The van der Waals surface area contributed by atoms with Gasteiger partial charge in [-0.1, -0.05) is 11.6 Å². The van der Waals surface area contributed by atoms with Gasteiger partial charge in [-0.2, -0.15) is 0 Å². The summed E-state index contributed by atoms with van der Waals surface area (Å²) in [6.45, 7) is 0. The number of rotatable bonds is 3. The predicted molar refractivity (Wildman–Crippen MR) is 76.5 cm³/mol. The molecule has 1 aromatic carbocycles. The molecule has 0 saturated heterocycles. The molecule has 7 heteroatoms.